The smallest absolute Gasteiger partial charge is 0.307 e. The molecule has 20 heavy (non-hydrogen) atoms. The summed E-state index contributed by atoms with van der Waals surface area (Å²) in [6.45, 7) is 1.45. The molecular weight excluding hydrogens is 256 g/mol. The van der Waals surface area contributed by atoms with Gasteiger partial charge >= 0.3 is 5.97 Å². The molecule has 5 nitrogen and oxygen atoms in total. The van der Waals surface area contributed by atoms with Crippen molar-refractivity contribution in [2.45, 2.75) is 25.3 Å². The van der Waals surface area contributed by atoms with Crippen molar-refractivity contribution in [1.82, 2.24) is 10.2 Å². The zero-order valence-electron chi connectivity index (χ0n) is 11.8. The third-order valence-electron chi connectivity index (χ3n) is 4.98. The van der Waals surface area contributed by atoms with E-state index in [1.54, 1.807) is 0 Å². The van der Waals surface area contributed by atoms with Crippen molar-refractivity contribution in [2.75, 3.05) is 20.1 Å². The predicted molar refractivity (Wildman–Crippen MR) is 74.0 cm³/mol. The number of nitrogens with zero attached hydrogens (tertiary/aromatic N) is 1. The highest BCUT2D eigenvalue weighted by Gasteiger charge is 2.51. The average Bonchev–Trinajstić information content (AvgIpc) is 3.07. The number of carboxylic acid groups (broad SMARTS) is 1. The predicted octanol–water partition coefficient (Wildman–Crippen LogP) is 0.720. The number of carbonyl (C=O) groups excluding carboxylic acids is 1. The topological polar surface area (TPSA) is 69.6 Å². The van der Waals surface area contributed by atoms with Crippen LogP contribution in [0.1, 0.15) is 19.3 Å². The first-order chi connectivity index (χ1) is 9.58. The van der Waals surface area contributed by atoms with E-state index in [1.807, 2.05) is 12.2 Å². The minimum atomic E-state index is -0.836. The number of likely N-dealkylation sites (N-methyl/N-ethyl adjacent to an activating group) is 1. The first kappa shape index (κ1) is 13.6. The number of fused-ring (bicyclic) bond motifs is 2. The van der Waals surface area contributed by atoms with E-state index in [2.05, 4.69) is 17.3 Å². The lowest BCUT2D eigenvalue weighted by Gasteiger charge is -2.24. The molecule has 110 valence electrons. The van der Waals surface area contributed by atoms with Gasteiger partial charge in [0.15, 0.2) is 0 Å². The van der Waals surface area contributed by atoms with Gasteiger partial charge in [-0.3, -0.25) is 9.59 Å². The molecule has 0 aliphatic heterocycles. The molecule has 4 atom stereocenters. The van der Waals surface area contributed by atoms with Crippen molar-refractivity contribution >= 4 is 11.9 Å². The van der Waals surface area contributed by atoms with Gasteiger partial charge in [0.1, 0.15) is 0 Å². The average molecular weight is 278 g/mol. The Labute approximate surface area is 119 Å². The van der Waals surface area contributed by atoms with Crippen molar-refractivity contribution in [3.63, 3.8) is 0 Å². The van der Waals surface area contributed by atoms with Gasteiger partial charge in [-0.25, -0.2) is 0 Å². The van der Waals surface area contributed by atoms with Crippen LogP contribution in [0.25, 0.3) is 0 Å². The van der Waals surface area contributed by atoms with E-state index in [0.717, 1.165) is 13.0 Å². The summed E-state index contributed by atoms with van der Waals surface area (Å²) in [5.74, 6) is -1.68. The molecule has 0 aromatic carbocycles. The van der Waals surface area contributed by atoms with Crippen LogP contribution in [-0.4, -0.2) is 48.1 Å². The maximum absolute atomic E-state index is 12.3. The van der Waals surface area contributed by atoms with Crippen LogP contribution in [0.15, 0.2) is 12.2 Å². The summed E-state index contributed by atoms with van der Waals surface area (Å²) in [6.07, 6.45) is 7.31. The third kappa shape index (κ3) is 2.46. The number of carboxylic acids is 1. The van der Waals surface area contributed by atoms with E-state index in [-0.39, 0.29) is 23.7 Å². The summed E-state index contributed by atoms with van der Waals surface area (Å²) in [4.78, 5) is 25.9. The number of carbonyl (C=O) groups is 2. The highest BCUT2D eigenvalue weighted by molar-refractivity contribution is 5.86. The number of rotatable bonds is 6. The molecule has 3 rings (SSSR count). The second-order valence-electron chi connectivity index (χ2n) is 6.34. The first-order valence-corrected chi connectivity index (χ1v) is 7.47. The highest BCUT2D eigenvalue weighted by atomic mass is 16.4. The second kappa shape index (κ2) is 5.20. The Morgan fingerprint density at radius 2 is 1.90 bits per heavy atom. The molecule has 1 amide bonds. The van der Waals surface area contributed by atoms with Gasteiger partial charge in [0.05, 0.1) is 11.8 Å². The van der Waals surface area contributed by atoms with Crippen LogP contribution in [0, 0.1) is 23.7 Å². The number of aliphatic carboxylic acids is 1. The van der Waals surface area contributed by atoms with Crippen LogP contribution < -0.4 is 5.32 Å². The summed E-state index contributed by atoms with van der Waals surface area (Å²) in [5.41, 5.74) is 0. The van der Waals surface area contributed by atoms with Gasteiger partial charge in [0.2, 0.25) is 5.91 Å². The Kier molecular flexibility index (Phi) is 3.54. The lowest BCUT2D eigenvalue weighted by atomic mass is 9.82. The van der Waals surface area contributed by atoms with Gasteiger partial charge in [-0.1, -0.05) is 12.2 Å². The Bertz CT molecular complexity index is 444. The lowest BCUT2D eigenvalue weighted by molar-refractivity contribution is -0.147. The molecule has 0 spiro atoms. The highest BCUT2D eigenvalue weighted by Crippen LogP contribution is 2.48. The number of hydrogen-bond donors (Lipinski definition) is 2. The molecule has 2 N–H and O–H groups in total. The van der Waals surface area contributed by atoms with Crippen molar-refractivity contribution < 1.29 is 14.7 Å². The van der Waals surface area contributed by atoms with Crippen LogP contribution in [0.5, 0.6) is 0 Å². The number of amides is 1. The van der Waals surface area contributed by atoms with Gasteiger partial charge in [0.25, 0.3) is 0 Å². The minimum absolute atomic E-state index is 0.0439. The summed E-state index contributed by atoms with van der Waals surface area (Å²) in [7, 11) is 2.07. The van der Waals surface area contributed by atoms with Crippen molar-refractivity contribution in [1.29, 1.82) is 0 Å². The van der Waals surface area contributed by atoms with Crippen molar-refractivity contribution in [3.8, 4) is 0 Å². The van der Waals surface area contributed by atoms with E-state index < -0.39 is 11.9 Å². The minimum Gasteiger partial charge on any atom is -0.481 e. The normalized spacial score (nSPS) is 34.7. The van der Waals surface area contributed by atoms with Crippen LogP contribution in [-0.2, 0) is 9.59 Å². The summed E-state index contributed by atoms with van der Waals surface area (Å²) < 4.78 is 0. The Balaban J connectivity index is 1.53. The van der Waals surface area contributed by atoms with Crippen LogP contribution in [0.3, 0.4) is 0 Å². The molecule has 5 heteroatoms. The van der Waals surface area contributed by atoms with E-state index >= 15 is 0 Å². The third-order valence-corrected chi connectivity index (χ3v) is 4.98. The number of hydrogen-bond acceptors (Lipinski definition) is 3. The molecule has 3 aliphatic rings. The largest absolute Gasteiger partial charge is 0.481 e. The molecule has 0 heterocycles. The summed E-state index contributed by atoms with van der Waals surface area (Å²) in [6, 6.07) is 0.684. The monoisotopic (exact) mass is 278 g/mol. The molecule has 2 saturated carbocycles. The van der Waals surface area contributed by atoms with Crippen molar-refractivity contribution in [2.24, 2.45) is 23.7 Å². The fourth-order valence-electron chi connectivity index (χ4n) is 3.69. The standard InChI is InChI=1S/C15H22N2O3/c1-17(11-4-5-11)7-6-16-14(18)12-9-2-3-10(8-9)13(12)15(19)20/h2-3,9-13H,4-8H2,1H3,(H,16,18)(H,19,20)/t9?,10?,12-,13+/m0/s1. The van der Waals surface area contributed by atoms with Crippen molar-refractivity contribution in [3.05, 3.63) is 12.2 Å². The molecule has 0 aromatic heterocycles. The van der Waals surface area contributed by atoms with Gasteiger partial charge in [-0.2, -0.15) is 0 Å². The fraction of sp³-hybridized carbons (Fsp3) is 0.733. The zero-order chi connectivity index (χ0) is 14.3. The van der Waals surface area contributed by atoms with Gasteiger partial charge in [-0.05, 0) is 38.1 Å². The van der Waals surface area contributed by atoms with Gasteiger partial charge in [-0.15, -0.1) is 0 Å². The molecular formula is C15H22N2O3. The molecule has 0 aromatic rings. The maximum atomic E-state index is 12.3. The quantitative estimate of drug-likeness (QED) is 0.702. The SMILES string of the molecule is CN(CCNC(=O)[C@H]1C2C=CC(C2)[C@H]1C(=O)O)C1CC1. The number of allylic oxidation sites excluding steroid dienone is 2. The molecule has 0 radical (unpaired) electrons. The van der Waals surface area contributed by atoms with Gasteiger partial charge < -0.3 is 15.3 Å². The second-order valence-corrected chi connectivity index (χ2v) is 6.34. The van der Waals surface area contributed by atoms with Crippen LogP contribution in [0.4, 0.5) is 0 Å². The molecule has 2 bridgehead atoms. The summed E-state index contributed by atoms with van der Waals surface area (Å²) in [5, 5.41) is 12.3. The van der Waals surface area contributed by atoms with E-state index in [0.29, 0.717) is 12.6 Å². The maximum Gasteiger partial charge on any atom is 0.307 e. The fourth-order valence-corrected chi connectivity index (χ4v) is 3.69. The van der Waals surface area contributed by atoms with Crippen LogP contribution in [0.2, 0.25) is 0 Å². The molecule has 2 unspecified atom stereocenters. The number of nitrogens with one attached hydrogen (secondary N) is 1. The molecule has 0 saturated heterocycles. The lowest BCUT2D eigenvalue weighted by Crippen LogP contribution is -2.42. The summed E-state index contributed by atoms with van der Waals surface area (Å²) >= 11 is 0. The Hall–Kier alpha value is -1.36. The van der Waals surface area contributed by atoms with Crippen LogP contribution >= 0.6 is 0 Å². The Morgan fingerprint density at radius 3 is 2.50 bits per heavy atom. The molecule has 2 fully saturated rings. The van der Waals surface area contributed by atoms with E-state index in [4.69, 9.17) is 0 Å². The van der Waals surface area contributed by atoms with E-state index in [9.17, 15) is 14.7 Å². The zero-order valence-corrected chi connectivity index (χ0v) is 11.8. The first-order valence-electron chi connectivity index (χ1n) is 7.47. The van der Waals surface area contributed by atoms with E-state index in [1.165, 1.54) is 12.8 Å². The Morgan fingerprint density at radius 1 is 1.25 bits per heavy atom. The molecule has 3 aliphatic carbocycles. The van der Waals surface area contributed by atoms with Gasteiger partial charge in [0, 0.05) is 19.1 Å².